The lowest BCUT2D eigenvalue weighted by Gasteiger charge is -2.16. The predicted molar refractivity (Wildman–Crippen MR) is 78.0 cm³/mol. The van der Waals surface area contributed by atoms with E-state index in [4.69, 9.17) is 4.74 Å². The number of carbonyl (C=O) groups is 3. The highest BCUT2D eigenvalue weighted by Gasteiger charge is 2.22. The Bertz CT molecular complexity index is 508. The number of ketones is 2. The zero-order valence-corrected chi connectivity index (χ0v) is 13.1. The third kappa shape index (κ3) is 5.25. The summed E-state index contributed by atoms with van der Waals surface area (Å²) in [7, 11) is 0. The molecule has 1 heterocycles. The van der Waals surface area contributed by atoms with Crippen molar-refractivity contribution in [2.75, 3.05) is 6.61 Å². The van der Waals surface area contributed by atoms with Gasteiger partial charge in [0, 0.05) is 16.7 Å². The molecule has 110 valence electrons. The summed E-state index contributed by atoms with van der Waals surface area (Å²) < 4.78 is 4.88. The van der Waals surface area contributed by atoms with Gasteiger partial charge in [0.25, 0.3) is 0 Å². The fraction of sp³-hybridized carbons (Fsp3) is 0.533. The zero-order valence-electron chi connectivity index (χ0n) is 12.3. The van der Waals surface area contributed by atoms with Crippen LogP contribution in [0.5, 0.6) is 0 Å². The van der Waals surface area contributed by atoms with Crippen LogP contribution in [-0.4, -0.2) is 24.1 Å². The minimum atomic E-state index is -0.523. The van der Waals surface area contributed by atoms with E-state index in [1.54, 1.807) is 26.8 Å². The minimum Gasteiger partial charge on any atom is -0.458 e. The number of hydrogen-bond donors (Lipinski definition) is 0. The average Bonchev–Trinajstić information content (AvgIpc) is 2.78. The Morgan fingerprint density at radius 2 is 1.80 bits per heavy atom. The maximum absolute atomic E-state index is 11.8. The number of hydrogen-bond acceptors (Lipinski definition) is 5. The molecule has 0 radical (unpaired) electrons. The maximum Gasteiger partial charge on any atom is 0.306 e. The summed E-state index contributed by atoms with van der Waals surface area (Å²) >= 11 is 1.41. The number of carbonyl (C=O) groups excluding carboxylic acids is 3. The first kappa shape index (κ1) is 16.6. The van der Waals surface area contributed by atoms with Gasteiger partial charge < -0.3 is 4.74 Å². The van der Waals surface area contributed by atoms with Crippen molar-refractivity contribution in [3.8, 4) is 0 Å². The summed E-state index contributed by atoms with van der Waals surface area (Å²) in [5.41, 5.74) is -0.523. The zero-order chi connectivity index (χ0) is 15.3. The molecule has 0 bridgehead atoms. The number of ether oxygens (including phenoxy) is 1. The van der Waals surface area contributed by atoms with Gasteiger partial charge in [0.15, 0.2) is 18.2 Å². The van der Waals surface area contributed by atoms with Crippen molar-refractivity contribution in [3.63, 3.8) is 0 Å². The van der Waals surface area contributed by atoms with Crippen LogP contribution in [0.1, 0.15) is 48.2 Å². The Morgan fingerprint density at radius 3 is 2.30 bits per heavy atom. The molecule has 0 aliphatic carbocycles. The molecule has 0 saturated heterocycles. The van der Waals surface area contributed by atoms with Crippen LogP contribution in [0.2, 0.25) is 0 Å². The lowest BCUT2D eigenvalue weighted by Crippen LogP contribution is -2.26. The normalized spacial score (nSPS) is 11.2. The summed E-state index contributed by atoms with van der Waals surface area (Å²) in [5, 5.41) is 0. The minimum absolute atomic E-state index is 0.00715. The van der Waals surface area contributed by atoms with Crippen LogP contribution >= 0.6 is 11.3 Å². The number of thiophene rings is 1. The largest absolute Gasteiger partial charge is 0.458 e. The molecule has 0 atom stereocenters. The topological polar surface area (TPSA) is 60.4 Å². The molecule has 0 aliphatic rings. The Kier molecular flexibility index (Phi) is 5.62. The SMILES string of the molecule is Cc1ccc(C(=O)CCC(=O)OCC(=O)C(C)(C)C)s1. The Balaban J connectivity index is 2.34. The third-order valence-corrected chi connectivity index (χ3v) is 3.81. The molecule has 0 saturated carbocycles. The quantitative estimate of drug-likeness (QED) is 0.597. The van der Waals surface area contributed by atoms with E-state index in [1.807, 2.05) is 13.0 Å². The predicted octanol–water partition coefficient (Wildman–Crippen LogP) is 3.18. The van der Waals surface area contributed by atoms with Gasteiger partial charge in [-0.05, 0) is 19.1 Å². The second-order valence-electron chi connectivity index (χ2n) is 5.67. The van der Waals surface area contributed by atoms with E-state index in [1.165, 1.54) is 11.3 Å². The standard InChI is InChI=1S/C15H20O4S/c1-10-5-7-12(20-10)11(16)6-8-14(18)19-9-13(17)15(2,3)4/h5,7H,6,8-9H2,1-4H3. The van der Waals surface area contributed by atoms with Crippen molar-refractivity contribution < 1.29 is 19.1 Å². The molecule has 0 N–H and O–H groups in total. The van der Waals surface area contributed by atoms with Crippen LogP contribution in [0.25, 0.3) is 0 Å². The highest BCUT2D eigenvalue weighted by Crippen LogP contribution is 2.18. The average molecular weight is 296 g/mol. The number of aryl methyl sites for hydroxylation is 1. The molecule has 4 nitrogen and oxygen atoms in total. The fourth-order valence-electron chi connectivity index (χ4n) is 1.36. The highest BCUT2D eigenvalue weighted by molar-refractivity contribution is 7.14. The summed E-state index contributed by atoms with van der Waals surface area (Å²) in [6.45, 7) is 7.01. The van der Waals surface area contributed by atoms with E-state index >= 15 is 0 Å². The van der Waals surface area contributed by atoms with Gasteiger partial charge in [0.05, 0.1) is 11.3 Å². The summed E-state index contributed by atoms with van der Waals surface area (Å²) in [6.07, 6.45) is 0.121. The first-order valence-electron chi connectivity index (χ1n) is 6.48. The van der Waals surface area contributed by atoms with Crippen molar-refractivity contribution >= 4 is 28.9 Å². The molecule has 20 heavy (non-hydrogen) atoms. The van der Waals surface area contributed by atoms with Gasteiger partial charge in [-0.25, -0.2) is 0 Å². The lowest BCUT2D eigenvalue weighted by molar-refractivity contribution is -0.150. The van der Waals surface area contributed by atoms with E-state index in [2.05, 4.69) is 0 Å². The summed E-state index contributed by atoms with van der Waals surface area (Å²) in [5.74, 6) is -0.711. The number of esters is 1. The molecular formula is C15H20O4S. The van der Waals surface area contributed by atoms with Gasteiger partial charge in [-0.15, -0.1) is 11.3 Å². The van der Waals surface area contributed by atoms with Crippen LogP contribution in [0.4, 0.5) is 0 Å². The lowest BCUT2D eigenvalue weighted by atomic mass is 9.91. The molecule has 0 spiro atoms. The monoisotopic (exact) mass is 296 g/mol. The Morgan fingerprint density at radius 1 is 1.15 bits per heavy atom. The van der Waals surface area contributed by atoms with Crippen LogP contribution in [0, 0.1) is 12.3 Å². The van der Waals surface area contributed by atoms with Crippen molar-refractivity contribution in [2.45, 2.75) is 40.5 Å². The van der Waals surface area contributed by atoms with Crippen LogP contribution in [0.15, 0.2) is 12.1 Å². The van der Waals surface area contributed by atoms with E-state index in [0.717, 1.165) is 4.88 Å². The van der Waals surface area contributed by atoms with Gasteiger partial charge in [-0.2, -0.15) is 0 Å². The van der Waals surface area contributed by atoms with Gasteiger partial charge in [-0.3, -0.25) is 14.4 Å². The molecule has 5 heteroatoms. The van der Waals surface area contributed by atoms with Crippen molar-refractivity contribution in [2.24, 2.45) is 5.41 Å². The molecule has 0 aliphatic heterocycles. The molecule has 0 unspecified atom stereocenters. The van der Waals surface area contributed by atoms with Crippen LogP contribution in [-0.2, 0) is 14.3 Å². The second-order valence-corrected chi connectivity index (χ2v) is 6.96. The van der Waals surface area contributed by atoms with E-state index in [9.17, 15) is 14.4 Å². The smallest absolute Gasteiger partial charge is 0.306 e. The molecule has 0 aromatic carbocycles. The van der Waals surface area contributed by atoms with Gasteiger partial charge in [0.1, 0.15) is 0 Å². The second kappa shape index (κ2) is 6.79. The maximum atomic E-state index is 11.8. The molecule has 0 fully saturated rings. The van der Waals surface area contributed by atoms with Crippen LogP contribution < -0.4 is 0 Å². The third-order valence-electron chi connectivity index (χ3n) is 2.77. The van der Waals surface area contributed by atoms with E-state index in [-0.39, 0.29) is 31.0 Å². The Hall–Kier alpha value is -1.49. The summed E-state index contributed by atoms with van der Waals surface area (Å²) in [6, 6.07) is 3.63. The van der Waals surface area contributed by atoms with Crippen molar-refractivity contribution in [3.05, 3.63) is 21.9 Å². The summed E-state index contributed by atoms with van der Waals surface area (Å²) in [4.78, 5) is 36.6. The fourth-order valence-corrected chi connectivity index (χ4v) is 2.19. The first-order valence-corrected chi connectivity index (χ1v) is 7.30. The van der Waals surface area contributed by atoms with Gasteiger partial charge in [-0.1, -0.05) is 20.8 Å². The van der Waals surface area contributed by atoms with Gasteiger partial charge in [0.2, 0.25) is 0 Å². The first-order chi connectivity index (χ1) is 9.20. The molecule has 1 rings (SSSR count). The number of rotatable bonds is 6. The molecule has 1 aromatic rings. The van der Waals surface area contributed by atoms with Crippen molar-refractivity contribution in [1.29, 1.82) is 0 Å². The molecular weight excluding hydrogens is 276 g/mol. The number of Topliss-reactive ketones (excluding diaryl/α,β-unsaturated/α-hetero) is 2. The van der Waals surface area contributed by atoms with Crippen LogP contribution in [0.3, 0.4) is 0 Å². The van der Waals surface area contributed by atoms with Crippen molar-refractivity contribution in [1.82, 2.24) is 0 Å². The highest BCUT2D eigenvalue weighted by atomic mass is 32.1. The van der Waals surface area contributed by atoms with E-state index < -0.39 is 11.4 Å². The van der Waals surface area contributed by atoms with Gasteiger partial charge >= 0.3 is 5.97 Å². The molecule has 0 amide bonds. The Labute approximate surface area is 123 Å². The van der Waals surface area contributed by atoms with E-state index in [0.29, 0.717) is 4.88 Å². The molecule has 1 aromatic heterocycles.